The van der Waals surface area contributed by atoms with Crippen LogP contribution in [0.2, 0.25) is 0 Å². The molecular formula is C44H27Br2N5O2. The number of aromatic amines is 2. The summed E-state index contributed by atoms with van der Waals surface area (Å²) in [6.45, 7) is 0. The molecule has 2 N–H and O–H groups in total. The molecule has 2 aliphatic heterocycles. The number of nitro groups is 1. The van der Waals surface area contributed by atoms with Crippen molar-refractivity contribution in [3.8, 4) is 44.5 Å². The Balaban J connectivity index is 1.56. The molecule has 0 saturated carbocycles. The minimum absolute atomic E-state index is 0.0583. The number of nitrogens with zero attached hydrogens (tertiary/aromatic N) is 3. The van der Waals surface area contributed by atoms with E-state index in [0.717, 1.165) is 64.6 Å². The molecule has 7 nitrogen and oxygen atoms in total. The highest BCUT2D eigenvalue weighted by Gasteiger charge is 2.25. The van der Waals surface area contributed by atoms with Gasteiger partial charge in [-0.3, -0.25) is 10.1 Å². The number of aromatic nitrogens is 4. The first-order valence-corrected chi connectivity index (χ1v) is 18.5. The van der Waals surface area contributed by atoms with Gasteiger partial charge in [0.1, 0.15) is 5.52 Å². The molecule has 2 aliphatic rings. The van der Waals surface area contributed by atoms with Gasteiger partial charge in [-0.2, -0.15) is 0 Å². The van der Waals surface area contributed by atoms with Gasteiger partial charge in [-0.05, 0) is 78.4 Å². The van der Waals surface area contributed by atoms with Gasteiger partial charge in [0.05, 0.1) is 53.2 Å². The summed E-state index contributed by atoms with van der Waals surface area (Å²) in [5.74, 6) is 0. The number of rotatable bonds is 5. The summed E-state index contributed by atoms with van der Waals surface area (Å²) in [5, 5.41) is 12.9. The smallest absolute Gasteiger partial charge is 0.295 e. The van der Waals surface area contributed by atoms with Crippen molar-refractivity contribution >= 4 is 83.9 Å². The van der Waals surface area contributed by atoms with E-state index in [0.29, 0.717) is 33.7 Å². The van der Waals surface area contributed by atoms with E-state index in [9.17, 15) is 10.1 Å². The summed E-state index contributed by atoms with van der Waals surface area (Å²) in [5.41, 5.74) is 11.9. The van der Waals surface area contributed by atoms with Crippen LogP contribution in [0.25, 0.3) is 90.9 Å². The van der Waals surface area contributed by atoms with E-state index in [1.54, 1.807) is 6.07 Å². The molecule has 0 aliphatic carbocycles. The first kappa shape index (κ1) is 32.7. The van der Waals surface area contributed by atoms with Crippen LogP contribution >= 0.6 is 31.9 Å². The predicted octanol–water partition coefficient (Wildman–Crippen LogP) is 12.8. The van der Waals surface area contributed by atoms with E-state index in [-0.39, 0.29) is 10.6 Å². The molecule has 0 fully saturated rings. The zero-order chi connectivity index (χ0) is 36.1. The summed E-state index contributed by atoms with van der Waals surface area (Å²) in [7, 11) is 0. The van der Waals surface area contributed by atoms with Gasteiger partial charge in [-0.25, -0.2) is 9.97 Å². The van der Waals surface area contributed by atoms with Crippen molar-refractivity contribution in [2.75, 3.05) is 0 Å². The van der Waals surface area contributed by atoms with E-state index in [4.69, 9.17) is 9.97 Å². The topological polar surface area (TPSA) is 100 Å². The first-order chi connectivity index (χ1) is 26.0. The Morgan fingerprint density at radius 1 is 0.472 bits per heavy atom. The summed E-state index contributed by atoms with van der Waals surface area (Å²) in [6.07, 6.45) is 7.89. The molecule has 5 heterocycles. The quantitative estimate of drug-likeness (QED) is 0.133. The Morgan fingerprint density at radius 2 is 0.811 bits per heavy atom. The highest BCUT2D eigenvalue weighted by Crippen LogP contribution is 2.44. The highest BCUT2D eigenvalue weighted by molar-refractivity contribution is 9.13. The molecule has 8 bridgehead atoms. The molecule has 7 aromatic rings. The number of benzene rings is 4. The predicted molar refractivity (Wildman–Crippen MR) is 223 cm³/mol. The third kappa shape index (κ3) is 5.74. The van der Waals surface area contributed by atoms with E-state index < -0.39 is 0 Å². The van der Waals surface area contributed by atoms with Crippen LogP contribution < -0.4 is 0 Å². The van der Waals surface area contributed by atoms with Crippen molar-refractivity contribution < 1.29 is 4.92 Å². The van der Waals surface area contributed by atoms with E-state index in [1.165, 1.54) is 0 Å². The van der Waals surface area contributed by atoms with Crippen LogP contribution in [0.4, 0.5) is 5.69 Å². The van der Waals surface area contributed by atoms with Gasteiger partial charge in [-0.15, -0.1) is 0 Å². The van der Waals surface area contributed by atoms with Crippen LogP contribution in [0.15, 0.2) is 136 Å². The maximum absolute atomic E-state index is 12.9. The lowest BCUT2D eigenvalue weighted by Crippen LogP contribution is -1.91. The number of H-pyrrole nitrogens is 2. The maximum Gasteiger partial charge on any atom is 0.295 e. The SMILES string of the molecule is O=[N+]([O-])c1cc2[nH]c1c(-c1ccccc1)c1nc(c(-c3ccccc3)c3[nH]c(c(Br)c3Br)c(-c3ccccc3)c3nc(c2-c2ccccc2)C=C3)C=C1. The lowest BCUT2D eigenvalue weighted by atomic mass is 10.0. The number of halogens is 2. The molecule has 254 valence electrons. The van der Waals surface area contributed by atoms with Crippen molar-refractivity contribution in [1.29, 1.82) is 0 Å². The zero-order valence-corrected chi connectivity index (χ0v) is 31.0. The van der Waals surface area contributed by atoms with Gasteiger partial charge in [-0.1, -0.05) is 121 Å². The number of fused-ring (bicyclic) bond motifs is 8. The minimum atomic E-state index is -0.333. The molecule has 0 saturated heterocycles. The average Bonchev–Trinajstić information content (AvgIpc) is 4.01. The molecule has 9 heteroatoms. The molecule has 9 rings (SSSR count). The van der Waals surface area contributed by atoms with Crippen molar-refractivity contribution in [2.45, 2.75) is 0 Å². The van der Waals surface area contributed by atoms with Crippen molar-refractivity contribution in [2.24, 2.45) is 0 Å². The second kappa shape index (κ2) is 13.4. The Hall–Kier alpha value is -6.16. The number of hydrogen-bond donors (Lipinski definition) is 2. The van der Waals surface area contributed by atoms with Crippen LogP contribution in [-0.4, -0.2) is 24.9 Å². The fraction of sp³-hybridized carbons (Fsp3) is 0. The monoisotopic (exact) mass is 815 g/mol. The second-order valence-corrected chi connectivity index (χ2v) is 14.2. The van der Waals surface area contributed by atoms with Gasteiger partial charge in [0.25, 0.3) is 5.69 Å². The largest absolute Gasteiger partial charge is 0.352 e. The third-order valence-corrected chi connectivity index (χ3v) is 11.6. The van der Waals surface area contributed by atoms with E-state index >= 15 is 0 Å². The molecule has 0 radical (unpaired) electrons. The second-order valence-electron chi connectivity index (χ2n) is 12.6. The van der Waals surface area contributed by atoms with Crippen molar-refractivity contribution in [1.82, 2.24) is 19.9 Å². The first-order valence-electron chi connectivity index (χ1n) is 16.9. The minimum Gasteiger partial charge on any atom is -0.352 e. The van der Waals surface area contributed by atoms with Gasteiger partial charge in [0.15, 0.2) is 0 Å². The Kier molecular flexibility index (Phi) is 8.29. The van der Waals surface area contributed by atoms with Crippen LogP contribution in [-0.2, 0) is 0 Å². The lowest BCUT2D eigenvalue weighted by molar-refractivity contribution is -0.382. The number of nitrogens with one attached hydrogen (secondary N) is 2. The maximum atomic E-state index is 12.9. The van der Waals surface area contributed by atoms with Crippen LogP contribution in [0.5, 0.6) is 0 Å². The fourth-order valence-corrected chi connectivity index (χ4v) is 8.11. The molecular weight excluding hydrogens is 790 g/mol. The van der Waals surface area contributed by atoms with Gasteiger partial charge < -0.3 is 9.97 Å². The Labute approximate surface area is 320 Å². The molecule has 3 aromatic heterocycles. The molecule has 0 spiro atoms. The summed E-state index contributed by atoms with van der Waals surface area (Å²) in [6, 6.07) is 41.4. The van der Waals surface area contributed by atoms with Crippen molar-refractivity contribution in [3.05, 3.63) is 169 Å². The van der Waals surface area contributed by atoms with Gasteiger partial charge >= 0.3 is 0 Å². The normalized spacial score (nSPS) is 12.0. The zero-order valence-electron chi connectivity index (χ0n) is 27.8. The van der Waals surface area contributed by atoms with Crippen LogP contribution in [0.3, 0.4) is 0 Å². The Bertz CT molecular complexity index is 2810. The highest BCUT2D eigenvalue weighted by atomic mass is 79.9. The van der Waals surface area contributed by atoms with E-state index in [2.05, 4.69) is 66.1 Å². The molecule has 53 heavy (non-hydrogen) atoms. The van der Waals surface area contributed by atoms with E-state index in [1.807, 2.05) is 121 Å². The summed E-state index contributed by atoms with van der Waals surface area (Å²) >= 11 is 7.90. The fourth-order valence-electron chi connectivity index (χ4n) is 7.11. The Morgan fingerprint density at radius 3 is 1.19 bits per heavy atom. The van der Waals surface area contributed by atoms with Gasteiger partial charge in [0, 0.05) is 28.3 Å². The average molecular weight is 818 g/mol. The van der Waals surface area contributed by atoms with Gasteiger partial charge in [0.2, 0.25) is 0 Å². The molecule has 4 aromatic carbocycles. The molecule has 0 amide bonds. The summed E-state index contributed by atoms with van der Waals surface area (Å²) in [4.78, 5) is 30.5. The molecule has 0 unspecified atom stereocenters. The third-order valence-electron chi connectivity index (χ3n) is 9.45. The van der Waals surface area contributed by atoms with Crippen LogP contribution in [0.1, 0.15) is 22.8 Å². The molecule has 0 atom stereocenters. The standard InChI is InChI=1S/C44H27Br2N5O2/c45-40-41(46)44-39(29-19-11-4-12-20-29)33-24-23-31(48-33)37(27-15-7-2-8-16-27)42-35(51(52)53)25-34(49-42)36(26-13-5-1-6-14-26)30-21-22-32(47-30)38(43(40)50-44)28-17-9-3-10-18-28/h1-25,49-50H. The number of hydrogen-bond acceptors (Lipinski definition) is 4. The van der Waals surface area contributed by atoms with Crippen molar-refractivity contribution in [3.63, 3.8) is 0 Å². The lowest BCUT2D eigenvalue weighted by Gasteiger charge is -2.06. The van der Waals surface area contributed by atoms with Crippen LogP contribution in [0, 0.1) is 10.1 Å². The summed E-state index contributed by atoms with van der Waals surface area (Å²) < 4.78 is 1.67.